The van der Waals surface area contributed by atoms with Gasteiger partial charge in [0.2, 0.25) is 0 Å². The zero-order valence-electron chi connectivity index (χ0n) is 14.7. The Bertz CT molecular complexity index is 946. The van der Waals surface area contributed by atoms with E-state index >= 15 is 0 Å². The minimum Gasteiger partial charge on any atom is -0.481 e. The number of anilines is 1. The average molecular weight is 409 g/mol. The van der Waals surface area contributed by atoms with Crippen LogP contribution >= 0.6 is 11.6 Å². The number of rotatable bonds is 7. The third kappa shape index (κ3) is 5.22. The van der Waals surface area contributed by atoms with Crippen LogP contribution in [0.4, 0.5) is 5.69 Å². The number of nitrogens with one attached hydrogen (secondary N) is 1. The van der Waals surface area contributed by atoms with Crippen molar-refractivity contribution in [1.29, 1.82) is 0 Å². The molecule has 27 heavy (non-hydrogen) atoms. The monoisotopic (exact) mass is 408 g/mol. The standard InChI is InChI=1S/C19H21ClN2O4S/c20-16-3-1-4-17(12-16)21-27(25,26)18-7-6-14-8-10-22(13-15(14)11-18)9-2-5-19(23)24/h1,3-4,6-7,11-12,21H,2,5,8-10,13H2,(H,23,24). The summed E-state index contributed by atoms with van der Waals surface area (Å²) >= 11 is 5.91. The van der Waals surface area contributed by atoms with Crippen LogP contribution in [0.3, 0.4) is 0 Å². The first kappa shape index (κ1) is 19.7. The lowest BCUT2D eigenvalue weighted by Gasteiger charge is -2.29. The molecule has 1 aliphatic heterocycles. The minimum atomic E-state index is -3.71. The number of hydrogen-bond donors (Lipinski definition) is 2. The molecule has 0 atom stereocenters. The van der Waals surface area contributed by atoms with Gasteiger partial charge in [0.25, 0.3) is 10.0 Å². The molecule has 0 fully saturated rings. The first-order valence-corrected chi connectivity index (χ1v) is 10.5. The van der Waals surface area contributed by atoms with Crippen LogP contribution in [0.1, 0.15) is 24.0 Å². The van der Waals surface area contributed by atoms with Gasteiger partial charge < -0.3 is 5.11 Å². The van der Waals surface area contributed by atoms with E-state index in [2.05, 4.69) is 9.62 Å². The van der Waals surface area contributed by atoms with Gasteiger partial charge in [-0.3, -0.25) is 14.4 Å². The second kappa shape index (κ2) is 8.29. The average Bonchev–Trinajstić information content (AvgIpc) is 2.60. The van der Waals surface area contributed by atoms with Crippen molar-refractivity contribution in [3.05, 3.63) is 58.6 Å². The van der Waals surface area contributed by atoms with E-state index in [1.807, 2.05) is 6.07 Å². The summed E-state index contributed by atoms with van der Waals surface area (Å²) in [6.45, 7) is 2.15. The number of fused-ring (bicyclic) bond motifs is 1. The number of carboxylic acid groups (broad SMARTS) is 1. The van der Waals surface area contributed by atoms with Crippen LogP contribution in [0.25, 0.3) is 0 Å². The van der Waals surface area contributed by atoms with E-state index in [9.17, 15) is 13.2 Å². The zero-order valence-corrected chi connectivity index (χ0v) is 16.3. The number of carboxylic acids is 1. The first-order chi connectivity index (χ1) is 12.8. The molecule has 2 N–H and O–H groups in total. The van der Waals surface area contributed by atoms with E-state index in [1.165, 1.54) is 0 Å². The molecule has 8 heteroatoms. The third-order valence-corrected chi connectivity index (χ3v) is 6.14. The topological polar surface area (TPSA) is 86.7 Å². The Labute approximate surface area is 163 Å². The van der Waals surface area contributed by atoms with Gasteiger partial charge in [-0.15, -0.1) is 0 Å². The maximum Gasteiger partial charge on any atom is 0.303 e. The first-order valence-electron chi connectivity index (χ1n) is 8.68. The Morgan fingerprint density at radius 1 is 1.19 bits per heavy atom. The Hall–Kier alpha value is -2.09. The quantitative estimate of drug-likeness (QED) is 0.733. The number of nitrogens with zero attached hydrogens (tertiary/aromatic N) is 1. The molecule has 6 nitrogen and oxygen atoms in total. The van der Waals surface area contributed by atoms with Crippen LogP contribution in [-0.2, 0) is 27.8 Å². The maximum absolute atomic E-state index is 12.7. The fourth-order valence-electron chi connectivity index (χ4n) is 3.17. The minimum absolute atomic E-state index is 0.140. The molecule has 0 spiro atoms. The summed E-state index contributed by atoms with van der Waals surface area (Å²) in [5.41, 5.74) is 2.51. The largest absolute Gasteiger partial charge is 0.481 e. The van der Waals surface area contributed by atoms with Gasteiger partial charge in [-0.1, -0.05) is 23.7 Å². The highest BCUT2D eigenvalue weighted by molar-refractivity contribution is 7.92. The van der Waals surface area contributed by atoms with Gasteiger partial charge in [0, 0.05) is 24.5 Å². The Kier molecular flexibility index (Phi) is 6.04. The summed E-state index contributed by atoms with van der Waals surface area (Å²) in [5.74, 6) is -0.798. The van der Waals surface area contributed by atoms with E-state index in [4.69, 9.17) is 16.7 Å². The fourth-order valence-corrected chi connectivity index (χ4v) is 4.46. The highest BCUT2D eigenvalue weighted by Gasteiger charge is 2.21. The molecule has 0 saturated carbocycles. The highest BCUT2D eigenvalue weighted by Crippen LogP contribution is 2.25. The van der Waals surface area contributed by atoms with Crippen molar-refractivity contribution in [3.63, 3.8) is 0 Å². The van der Waals surface area contributed by atoms with E-state index in [0.717, 1.165) is 24.1 Å². The number of hydrogen-bond acceptors (Lipinski definition) is 4. The highest BCUT2D eigenvalue weighted by atomic mass is 35.5. The Balaban J connectivity index is 1.74. The fraction of sp³-hybridized carbons (Fsp3) is 0.316. The Morgan fingerprint density at radius 2 is 2.00 bits per heavy atom. The molecule has 2 aromatic carbocycles. The van der Waals surface area contributed by atoms with Gasteiger partial charge in [0.15, 0.2) is 0 Å². The van der Waals surface area contributed by atoms with Crippen molar-refractivity contribution in [2.24, 2.45) is 0 Å². The van der Waals surface area contributed by atoms with E-state index in [1.54, 1.807) is 36.4 Å². The van der Waals surface area contributed by atoms with Crippen molar-refractivity contribution >= 4 is 33.3 Å². The predicted molar refractivity (Wildman–Crippen MR) is 105 cm³/mol. The third-order valence-electron chi connectivity index (χ3n) is 4.52. The molecule has 0 radical (unpaired) electrons. The molecule has 0 unspecified atom stereocenters. The molecule has 0 saturated heterocycles. The molecule has 3 rings (SSSR count). The normalized spacial score (nSPS) is 14.6. The molecule has 0 aliphatic carbocycles. The second-order valence-corrected chi connectivity index (χ2v) is 8.69. The number of benzene rings is 2. The number of aliphatic carboxylic acids is 1. The molecular formula is C19H21ClN2O4S. The lowest BCUT2D eigenvalue weighted by Crippen LogP contribution is -2.31. The lowest BCUT2D eigenvalue weighted by atomic mass is 10.00. The van der Waals surface area contributed by atoms with E-state index in [-0.39, 0.29) is 11.3 Å². The lowest BCUT2D eigenvalue weighted by molar-refractivity contribution is -0.137. The van der Waals surface area contributed by atoms with Gasteiger partial charge in [0.1, 0.15) is 0 Å². The van der Waals surface area contributed by atoms with Crippen molar-refractivity contribution in [2.45, 2.75) is 30.7 Å². The van der Waals surface area contributed by atoms with Gasteiger partial charge >= 0.3 is 5.97 Å². The summed E-state index contributed by atoms with van der Waals surface area (Å²) in [7, 11) is -3.71. The molecular weight excluding hydrogens is 388 g/mol. The molecule has 144 valence electrons. The summed E-state index contributed by atoms with van der Waals surface area (Å²) < 4.78 is 27.9. The molecule has 1 aliphatic rings. The smallest absolute Gasteiger partial charge is 0.303 e. The Morgan fingerprint density at radius 3 is 2.74 bits per heavy atom. The maximum atomic E-state index is 12.7. The number of carbonyl (C=O) groups is 1. The predicted octanol–water partition coefficient (Wildman–Crippen LogP) is 3.36. The number of halogens is 1. The van der Waals surface area contributed by atoms with Gasteiger partial charge in [-0.05, 0) is 60.8 Å². The second-order valence-electron chi connectivity index (χ2n) is 6.57. The van der Waals surface area contributed by atoms with Crippen LogP contribution in [0, 0.1) is 0 Å². The van der Waals surface area contributed by atoms with Crippen molar-refractivity contribution in [3.8, 4) is 0 Å². The van der Waals surface area contributed by atoms with E-state index < -0.39 is 16.0 Å². The molecule has 0 aromatic heterocycles. The molecule has 1 heterocycles. The van der Waals surface area contributed by atoms with Crippen LogP contribution in [0.2, 0.25) is 5.02 Å². The summed E-state index contributed by atoms with van der Waals surface area (Å²) in [6, 6.07) is 11.7. The van der Waals surface area contributed by atoms with Crippen molar-refractivity contribution < 1.29 is 18.3 Å². The summed E-state index contributed by atoms with van der Waals surface area (Å²) in [5, 5.41) is 9.22. The van der Waals surface area contributed by atoms with Crippen molar-refractivity contribution in [1.82, 2.24) is 4.90 Å². The summed E-state index contributed by atoms with van der Waals surface area (Å²) in [4.78, 5) is 13.0. The van der Waals surface area contributed by atoms with E-state index in [0.29, 0.717) is 30.2 Å². The zero-order chi connectivity index (χ0) is 19.4. The van der Waals surface area contributed by atoms with Gasteiger partial charge in [0.05, 0.1) is 10.6 Å². The molecule has 2 aromatic rings. The molecule has 0 bridgehead atoms. The SMILES string of the molecule is O=C(O)CCCN1CCc2ccc(S(=O)(=O)Nc3cccc(Cl)c3)cc2C1. The van der Waals surface area contributed by atoms with Crippen LogP contribution < -0.4 is 4.72 Å². The van der Waals surface area contributed by atoms with Crippen LogP contribution in [0.5, 0.6) is 0 Å². The van der Waals surface area contributed by atoms with Gasteiger partial charge in [-0.2, -0.15) is 0 Å². The van der Waals surface area contributed by atoms with Crippen LogP contribution in [-0.4, -0.2) is 37.5 Å². The van der Waals surface area contributed by atoms with Crippen LogP contribution in [0.15, 0.2) is 47.4 Å². The van der Waals surface area contributed by atoms with Gasteiger partial charge in [-0.25, -0.2) is 8.42 Å². The summed E-state index contributed by atoms with van der Waals surface area (Å²) in [6.07, 6.45) is 1.55. The van der Waals surface area contributed by atoms with Crippen molar-refractivity contribution in [2.75, 3.05) is 17.8 Å². The molecule has 0 amide bonds. The number of sulfonamides is 1.